The Morgan fingerprint density at radius 1 is 1.24 bits per heavy atom. The third kappa shape index (κ3) is 4.98. The molecule has 2 unspecified atom stereocenters. The lowest BCUT2D eigenvalue weighted by Gasteiger charge is -2.22. The van der Waals surface area contributed by atoms with E-state index in [0.29, 0.717) is 10.6 Å². The molecule has 0 aliphatic rings. The van der Waals surface area contributed by atoms with Crippen molar-refractivity contribution in [2.75, 3.05) is 13.7 Å². The molecule has 134 valence electrons. The Bertz CT molecular complexity index is 739. The van der Waals surface area contributed by atoms with Gasteiger partial charge in [-0.15, -0.1) is 0 Å². The van der Waals surface area contributed by atoms with Crippen LogP contribution >= 0.6 is 11.6 Å². The predicted octanol–water partition coefficient (Wildman–Crippen LogP) is 3.19. The molecule has 7 heteroatoms. The minimum absolute atomic E-state index is 0.00904. The molecule has 4 nitrogen and oxygen atoms in total. The summed E-state index contributed by atoms with van der Waals surface area (Å²) in [5.41, 5.74) is 5.97. The molecule has 0 radical (unpaired) electrons. The highest BCUT2D eigenvalue weighted by Gasteiger charge is 2.24. The Hall–Kier alpha value is -2.02. The van der Waals surface area contributed by atoms with E-state index in [1.54, 1.807) is 24.3 Å². The molecule has 3 N–H and O–H groups in total. The second kappa shape index (κ2) is 8.89. The van der Waals surface area contributed by atoms with Gasteiger partial charge in [0, 0.05) is 24.2 Å². The van der Waals surface area contributed by atoms with Crippen LogP contribution in [0, 0.1) is 11.6 Å². The lowest BCUT2D eigenvalue weighted by Crippen LogP contribution is -2.35. The summed E-state index contributed by atoms with van der Waals surface area (Å²) in [5.74, 6) is -1.67. The smallest absolute Gasteiger partial charge is 0.223 e. The molecule has 0 heterocycles. The van der Waals surface area contributed by atoms with Crippen molar-refractivity contribution in [2.24, 2.45) is 5.73 Å². The Balaban J connectivity index is 2.38. The third-order valence-electron chi connectivity index (χ3n) is 3.80. The third-order valence-corrected chi connectivity index (χ3v) is 4.14. The summed E-state index contributed by atoms with van der Waals surface area (Å²) in [6, 6.07) is 8.81. The molecule has 0 spiro atoms. The maximum Gasteiger partial charge on any atom is 0.223 e. The van der Waals surface area contributed by atoms with Crippen molar-refractivity contribution >= 4 is 17.5 Å². The molecule has 0 aromatic heterocycles. The first-order valence-corrected chi connectivity index (χ1v) is 8.05. The number of halogens is 3. The molecule has 0 saturated heterocycles. The highest BCUT2D eigenvalue weighted by molar-refractivity contribution is 6.31. The lowest BCUT2D eigenvalue weighted by atomic mass is 9.97. The normalized spacial score (nSPS) is 13.3. The number of hydrogen-bond donors (Lipinski definition) is 2. The summed E-state index contributed by atoms with van der Waals surface area (Å²) in [5, 5.41) is 3.02. The SMILES string of the molecule is COC(CN)CC(=O)NC(c1cc(F)ccc1F)c1ccccc1Cl. The van der Waals surface area contributed by atoms with Gasteiger partial charge in [0.25, 0.3) is 0 Å². The summed E-state index contributed by atoms with van der Waals surface area (Å²) in [4.78, 5) is 12.3. The average Bonchev–Trinajstić information content (AvgIpc) is 2.60. The minimum atomic E-state index is -0.938. The van der Waals surface area contributed by atoms with Crippen molar-refractivity contribution in [2.45, 2.75) is 18.6 Å². The van der Waals surface area contributed by atoms with Gasteiger partial charge in [0.05, 0.1) is 18.6 Å². The number of rotatable bonds is 7. The van der Waals surface area contributed by atoms with Crippen molar-refractivity contribution in [3.05, 3.63) is 70.2 Å². The molecule has 2 atom stereocenters. The number of nitrogens with one attached hydrogen (secondary N) is 1. The van der Waals surface area contributed by atoms with Crippen molar-refractivity contribution in [3.63, 3.8) is 0 Å². The Labute approximate surface area is 149 Å². The fourth-order valence-corrected chi connectivity index (χ4v) is 2.70. The van der Waals surface area contributed by atoms with Gasteiger partial charge in [-0.25, -0.2) is 8.78 Å². The number of nitrogens with two attached hydrogens (primary N) is 1. The van der Waals surface area contributed by atoms with E-state index in [-0.39, 0.29) is 18.5 Å². The summed E-state index contributed by atoms with van der Waals surface area (Å²) < 4.78 is 33.0. The quantitative estimate of drug-likeness (QED) is 0.789. The van der Waals surface area contributed by atoms with Crippen LogP contribution in [0.4, 0.5) is 8.78 Å². The van der Waals surface area contributed by atoms with Gasteiger partial charge in [0.2, 0.25) is 5.91 Å². The van der Waals surface area contributed by atoms with Crippen molar-refractivity contribution in [1.29, 1.82) is 0 Å². The van der Waals surface area contributed by atoms with Gasteiger partial charge in [-0.05, 0) is 29.8 Å². The molecule has 25 heavy (non-hydrogen) atoms. The Morgan fingerprint density at radius 2 is 1.96 bits per heavy atom. The molecule has 0 aliphatic carbocycles. The number of carbonyl (C=O) groups excluding carboxylic acids is 1. The van der Waals surface area contributed by atoms with E-state index in [1.165, 1.54) is 7.11 Å². The van der Waals surface area contributed by atoms with E-state index in [0.717, 1.165) is 18.2 Å². The fourth-order valence-electron chi connectivity index (χ4n) is 2.46. The first-order valence-electron chi connectivity index (χ1n) is 7.67. The van der Waals surface area contributed by atoms with Crippen LogP contribution in [-0.4, -0.2) is 25.7 Å². The number of carbonyl (C=O) groups is 1. The zero-order valence-electron chi connectivity index (χ0n) is 13.6. The number of benzene rings is 2. The maximum atomic E-state index is 14.3. The molecule has 2 rings (SSSR count). The van der Waals surface area contributed by atoms with Crippen LogP contribution in [-0.2, 0) is 9.53 Å². The van der Waals surface area contributed by atoms with Crippen LogP contribution in [0.2, 0.25) is 5.02 Å². The van der Waals surface area contributed by atoms with Gasteiger partial charge in [0.15, 0.2) is 0 Å². The maximum absolute atomic E-state index is 14.3. The van der Waals surface area contributed by atoms with Gasteiger partial charge in [-0.2, -0.15) is 0 Å². The second-order valence-corrected chi connectivity index (χ2v) is 5.89. The fraction of sp³-hybridized carbons (Fsp3) is 0.278. The molecular formula is C18H19ClF2N2O2. The highest BCUT2D eigenvalue weighted by atomic mass is 35.5. The summed E-state index contributed by atoms with van der Waals surface area (Å²) in [6.45, 7) is 0.162. The molecule has 1 amide bonds. The molecule has 0 aliphatic heterocycles. The van der Waals surface area contributed by atoms with E-state index in [9.17, 15) is 13.6 Å². The topological polar surface area (TPSA) is 64.3 Å². The number of hydrogen-bond acceptors (Lipinski definition) is 3. The van der Waals surface area contributed by atoms with Gasteiger partial charge in [-0.3, -0.25) is 4.79 Å². The summed E-state index contributed by atoms with van der Waals surface area (Å²) in [7, 11) is 1.45. The second-order valence-electron chi connectivity index (χ2n) is 5.49. The minimum Gasteiger partial charge on any atom is -0.380 e. The van der Waals surface area contributed by atoms with E-state index < -0.39 is 29.7 Å². The van der Waals surface area contributed by atoms with Crippen molar-refractivity contribution in [1.82, 2.24) is 5.32 Å². The lowest BCUT2D eigenvalue weighted by molar-refractivity contribution is -0.123. The molecule has 2 aromatic carbocycles. The molecule has 0 saturated carbocycles. The van der Waals surface area contributed by atoms with Crippen LogP contribution < -0.4 is 11.1 Å². The van der Waals surface area contributed by atoms with Crippen LogP contribution in [0.1, 0.15) is 23.6 Å². The van der Waals surface area contributed by atoms with E-state index in [4.69, 9.17) is 22.1 Å². The van der Waals surface area contributed by atoms with Crippen LogP contribution in [0.15, 0.2) is 42.5 Å². The van der Waals surface area contributed by atoms with Gasteiger partial charge in [0.1, 0.15) is 11.6 Å². The van der Waals surface area contributed by atoms with Crippen molar-refractivity contribution in [3.8, 4) is 0 Å². The first kappa shape index (κ1) is 19.3. The highest BCUT2D eigenvalue weighted by Crippen LogP contribution is 2.30. The molecular weight excluding hydrogens is 350 g/mol. The molecule has 2 aromatic rings. The summed E-state index contributed by atoms with van der Waals surface area (Å²) >= 11 is 6.19. The predicted molar refractivity (Wildman–Crippen MR) is 92.3 cm³/mol. The summed E-state index contributed by atoms with van der Waals surface area (Å²) in [6.07, 6.45) is -0.477. The van der Waals surface area contributed by atoms with Gasteiger partial charge in [-0.1, -0.05) is 29.8 Å². The zero-order chi connectivity index (χ0) is 18.4. The molecule has 0 bridgehead atoms. The molecule has 0 fully saturated rings. The van der Waals surface area contributed by atoms with E-state index >= 15 is 0 Å². The first-order chi connectivity index (χ1) is 12.0. The number of methoxy groups -OCH3 is 1. The van der Waals surface area contributed by atoms with Gasteiger partial charge < -0.3 is 15.8 Å². The Kier molecular flexibility index (Phi) is 6.87. The van der Waals surface area contributed by atoms with Crippen LogP contribution in [0.25, 0.3) is 0 Å². The van der Waals surface area contributed by atoms with E-state index in [2.05, 4.69) is 5.32 Å². The monoisotopic (exact) mass is 368 g/mol. The zero-order valence-corrected chi connectivity index (χ0v) is 14.4. The van der Waals surface area contributed by atoms with Crippen molar-refractivity contribution < 1.29 is 18.3 Å². The number of amides is 1. The van der Waals surface area contributed by atoms with Gasteiger partial charge >= 0.3 is 0 Å². The van der Waals surface area contributed by atoms with Crippen LogP contribution in [0.5, 0.6) is 0 Å². The average molecular weight is 369 g/mol. The number of ether oxygens (including phenoxy) is 1. The largest absolute Gasteiger partial charge is 0.380 e. The van der Waals surface area contributed by atoms with E-state index in [1.807, 2.05) is 0 Å². The standard InChI is InChI=1S/C18H19ClF2N2O2/c1-25-12(10-22)9-17(24)23-18(13-4-2-3-5-15(13)19)14-8-11(20)6-7-16(14)21/h2-8,12,18H,9-10,22H2,1H3,(H,23,24). The Morgan fingerprint density at radius 3 is 2.60 bits per heavy atom. The van der Waals surface area contributed by atoms with Crippen LogP contribution in [0.3, 0.4) is 0 Å².